The number of likely N-dealkylation sites (N-methyl/N-ethyl adjacent to an activating group) is 1. The number of benzene rings is 1. The highest BCUT2D eigenvalue weighted by atomic mass is 35.5. The third-order valence-electron chi connectivity index (χ3n) is 3.70. The zero-order valence-electron chi connectivity index (χ0n) is 11.0. The van der Waals surface area contributed by atoms with Crippen LogP contribution in [-0.4, -0.2) is 25.8 Å². The van der Waals surface area contributed by atoms with Crippen molar-refractivity contribution in [3.8, 4) is 0 Å². The van der Waals surface area contributed by atoms with E-state index in [0.717, 1.165) is 44.0 Å². The maximum atomic E-state index is 6.25. The lowest BCUT2D eigenvalue weighted by Gasteiger charge is -2.31. The van der Waals surface area contributed by atoms with Crippen LogP contribution in [0.2, 0.25) is 5.02 Å². The van der Waals surface area contributed by atoms with Gasteiger partial charge in [0.05, 0.1) is 0 Å². The van der Waals surface area contributed by atoms with E-state index in [1.54, 1.807) is 0 Å². The lowest BCUT2D eigenvalue weighted by atomic mass is 9.87. The van der Waals surface area contributed by atoms with Gasteiger partial charge in [0, 0.05) is 24.3 Å². The summed E-state index contributed by atoms with van der Waals surface area (Å²) in [7, 11) is 0. The summed E-state index contributed by atoms with van der Waals surface area (Å²) in [5.74, 6) is 0.704. The van der Waals surface area contributed by atoms with Crippen LogP contribution < -0.4 is 5.32 Å². The molecule has 1 saturated heterocycles. The zero-order chi connectivity index (χ0) is 12.8. The number of halogens is 1. The normalized spacial score (nSPS) is 18.8. The predicted octanol–water partition coefficient (Wildman–Crippen LogP) is 3.29. The van der Waals surface area contributed by atoms with Crippen LogP contribution in [0.3, 0.4) is 0 Å². The molecule has 1 aliphatic rings. The van der Waals surface area contributed by atoms with Gasteiger partial charge in [-0.25, -0.2) is 0 Å². The average molecular weight is 268 g/mol. The molecule has 0 aliphatic carbocycles. The molecule has 1 aromatic rings. The highest BCUT2D eigenvalue weighted by molar-refractivity contribution is 6.31. The van der Waals surface area contributed by atoms with Crippen LogP contribution >= 0.6 is 11.6 Å². The number of ether oxygens (including phenoxy) is 1. The molecule has 1 fully saturated rings. The van der Waals surface area contributed by atoms with Crippen LogP contribution in [0.5, 0.6) is 0 Å². The van der Waals surface area contributed by atoms with Crippen molar-refractivity contribution in [2.45, 2.75) is 32.2 Å². The lowest BCUT2D eigenvalue weighted by molar-refractivity contribution is 0.0540. The summed E-state index contributed by atoms with van der Waals surface area (Å²) in [6, 6.07) is 8.67. The van der Waals surface area contributed by atoms with Gasteiger partial charge in [-0.1, -0.05) is 36.7 Å². The van der Waals surface area contributed by atoms with Crippen molar-refractivity contribution in [1.82, 2.24) is 5.32 Å². The molecule has 18 heavy (non-hydrogen) atoms. The molecular formula is C15H22ClNO. The maximum Gasteiger partial charge on any atom is 0.0469 e. The SMILES string of the molecule is CCNC(Cc1ccccc1Cl)C1CCOCC1. The summed E-state index contributed by atoms with van der Waals surface area (Å²) in [5, 5.41) is 4.50. The standard InChI is InChI=1S/C15H22ClNO/c1-2-17-15(12-7-9-18-10-8-12)11-13-5-3-4-6-14(13)16/h3-6,12,15,17H,2,7-11H2,1H3. The van der Waals surface area contributed by atoms with Crippen molar-refractivity contribution >= 4 is 11.6 Å². The Morgan fingerprint density at radius 1 is 1.33 bits per heavy atom. The molecule has 100 valence electrons. The van der Waals surface area contributed by atoms with Crippen molar-refractivity contribution in [2.24, 2.45) is 5.92 Å². The Morgan fingerprint density at radius 3 is 2.72 bits per heavy atom. The molecule has 0 bridgehead atoms. The second kappa shape index (κ2) is 7.13. The van der Waals surface area contributed by atoms with Gasteiger partial charge < -0.3 is 10.1 Å². The molecule has 1 unspecified atom stereocenters. The molecule has 1 heterocycles. The smallest absolute Gasteiger partial charge is 0.0469 e. The summed E-state index contributed by atoms with van der Waals surface area (Å²) in [5.41, 5.74) is 1.25. The molecule has 1 aromatic carbocycles. The van der Waals surface area contributed by atoms with E-state index in [1.807, 2.05) is 12.1 Å². The largest absolute Gasteiger partial charge is 0.381 e. The molecule has 3 heteroatoms. The highest BCUT2D eigenvalue weighted by Gasteiger charge is 2.23. The van der Waals surface area contributed by atoms with Gasteiger partial charge >= 0.3 is 0 Å². The number of nitrogens with one attached hydrogen (secondary N) is 1. The predicted molar refractivity (Wildman–Crippen MR) is 76.2 cm³/mol. The Bertz CT molecular complexity index is 363. The number of hydrogen-bond acceptors (Lipinski definition) is 2. The topological polar surface area (TPSA) is 21.3 Å². The second-order valence-corrected chi connectivity index (χ2v) is 5.32. The first-order chi connectivity index (χ1) is 8.81. The average Bonchev–Trinajstić information content (AvgIpc) is 2.42. The van der Waals surface area contributed by atoms with Crippen LogP contribution in [0.4, 0.5) is 0 Å². The summed E-state index contributed by atoms with van der Waals surface area (Å²) < 4.78 is 5.45. The van der Waals surface area contributed by atoms with E-state index in [1.165, 1.54) is 5.56 Å². The molecule has 0 amide bonds. The Hall–Kier alpha value is -0.570. The van der Waals surface area contributed by atoms with Gasteiger partial charge in [0.15, 0.2) is 0 Å². The summed E-state index contributed by atoms with van der Waals surface area (Å²) in [6.45, 7) is 4.97. The minimum atomic E-state index is 0.513. The van der Waals surface area contributed by atoms with Crippen LogP contribution in [0.25, 0.3) is 0 Å². The van der Waals surface area contributed by atoms with E-state index in [2.05, 4.69) is 24.4 Å². The fourth-order valence-corrected chi connectivity index (χ4v) is 2.90. The molecule has 1 N–H and O–H groups in total. The third kappa shape index (κ3) is 3.71. The lowest BCUT2D eigenvalue weighted by Crippen LogP contribution is -2.40. The van der Waals surface area contributed by atoms with Crippen molar-refractivity contribution in [3.63, 3.8) is 0 Å². The molecule has 2 nitrogen and oxygen atoms in total. The first-order valence-electron chi connectivity index (χ1n) is 6.85. The van der Waals surface area contributed by atoms with Gasteiger partial charge in [-0.05, 0) is 43.4 Å². The number of rotatable bonds is 5. The Labute approximate surface area is 115 Å². The molecule has 0 saturated carbocycles. The van der Waals surface area contributed by atoms with Gasteiger partial charge in [-0.2, -0.15) is 0 Å². The molecule has 0 aromatic heterocycles. The van der Waals surface area contributed by atoms with Gasteiger partial charge in [0.2, 0.25) is 0 Å². The van der Waals surface area contributed by atoms with E-state index in [-0.39, 0.29) is 0 Å². The van der Waals surface area contributed by atoms with E-state index in [4.69, 9.17) is 16.3 Å². The molecule has 1 atom stereocenters. The van der Waals surface area contributed by atoms with Crippen LogP contribution in [-0.2, 0) is 11.2 Å². The Kier molecular flexibility index (Phi) is 5.48. The monoisotopic (exact) mass is 267 g/mol. The summed E-state index contributed by atoms with van der Waals surface area (Å²) in [4.78, 5) is 0. The van der Waals surface area contributed by atoms with Crippen LogP contribution in [0, 0.1) is 5.92 Å². The van der Waals surface area contributed by atoms with Crippen molar-refractivity contribution in [2.75, 3.05) is 19.8 Å². The maximum absolute atomic E-state index is 6.25. The summed E-state index contributed by atoms with van der Waals surface area (Å²) in [6.07, 6.45) is 3.32. The molecule has 2 rings (SSSR count). The van der Waals surface area contributed by atoms with Gasteiger partial charge in [0.25, 0.3) is 0 Å². The Balaban J connectivity index is 2.03. The molecule has 0 radical (unpaired) electrons. The fourth-order valence-electron chi connectivity index (χ4n) is 2.69. The van der Waals surface area contributed by atoms with Gasteiger partial charge in [0.1, 0.15) is 0 Å². The van der Waals surface area contributed by atoms with Crippen LogP contribution in [0.1, 0.15) is 25.3 Å². The fraction of sp³-hybridized carbons (Fsp3) is 0.600. The van der Waals surface area contributed by atoms with Gasteiger partial charge in [-0.3, -0.25) is 0 Å². The minimum Gasteiger partial charge on any atom is -0.381 e. The highest BCUT2D eigenvalue weighted by Crippen LogP contribution is 2.24. The van der Waals surface area contributed by atoms with Crippen LogP contribution in [0.15, 0.2) is 24.3 Å². The first kappa shape index (κ1) is 13.9. The van der Waals surface area contributed by atoms with Gasteiger partial charge in [-0.15, -0.1) is 0 Å². The molecular weight excluding hydrogens is 246 g/mol. The molecule has 1 aliphatic heterocycles. The summed E-state index contributed by atoms with van der Waals surface area (Å²) >= 11 is 6.25. The van der Waals surface area contributed by atoms with E-state index < -0.39 is 0 Å². The van der Waals surface area contributed by atoms with E-state index >= 15 is 0 Å². The van der Waals surface area contributed by atoms with E-state index in [9.17, 15) is 0 Å². The molecule has 0 spiro atoms. The van der Waals surface area contributed by atoms with Crippen molar-refractivity contribution in [3.05, 3.63) is 34.9 Å². The van der Waals surface area contributed by atoms with E-state index in [0.29, 0.717) is 12.0 Å². The van der Waals surface area contributed by atoms with Crippen molar-refractivity contribution in [1.29, 1.82) is 0 Å². The Morgan fingerprint density at radius 2 is 2.06 bits per heavy atom. The quantitative estimate of drug-likeness (QED) is 0.884. The zero-order valence-corrected chi connectivity index (χ0v) is 11.7. The first-order valence-corrected chi connectivity index (χ1v) is 7.23. The third-order valence-corrected chi connectivity index (χ3v) is 4.07. The van der Waals surface area contributed by atoms with Crippen molar-refractivity contribution < 1.29 is 4.74 Å². The minimum absolute atomic E-state index is 0.513. The second-order valence-electron chi connectivity index (χ2n) is 4.91. The number of hydrogen-bond donors (Lipinski definition) is 1.